The van der Waals surface area contributed by atoms with Gasteiger partial charge in [0.25, 0.3) is 0 Å². The first-order valence-electron chi connectivity index (χ1n) is 5.36. The summed E-state index contributed by atoms with van der Waals surface area (Å²) in [7, 11) is 0. The van der Waals surface area contributed by atoms with Gasteiger partial charge in [0, 0.05) is 6.20 Å². The van der Waals surface area contributed by atoms with Crippen molar-refractivity contribution in [2.45, 2.75) is 26.4 Å². The standard InChI is InChI=1S/C12H14N2OS/c1-2-5-9-11(8-15)16-12(14-9)10-6-3-4-7-13-10/h3-4,6-7,15H,2,5,8H2,1H3. The lowest BCUT2D eigenvalue weighted by molar-refractivity contribution is 0.284. The highest BCUT2D eigenvalue weighted by molar-refractivity contribution is 7.15. The van der Waals surface area contributed by atoms with E-state index in [2.05, 4.69) is 16.9 Å². The normalized spacial score (nSPS) is 10.6. The lowest BCUT2D eigenvalue weighted by Gasteiger charge is -1.94. The predicted molar refractivity (Wildman–Crippen MR) is 65.3 cm³/mol. The lowest BCUT2D eigenvalue weighted by atomic mass is 10.2. The topological polar surface area (TPSA) is 46.0 Å². The van der Waals surface area contributed by atoms with Crippen molar-refractivity contribution in [1.29, 1.82) is 0 Å². The summed E-state index contributed by atoms with van der Waals surface area (Å²) in [4.78, 5) is 9.76. The van der Waals surface area contributed by atoms with Gasteiger partial charge in [0.1, 0.15) is 5.01 Å². The predicted octanol–water partition coefficient (Wildman–Crippen LogP) is 2.65. The van der Waals surface area contributed by atoms with E-state index in [0.717, 1.165) is 34.1 Å². The molecule has 84 valence electrons. The number of aryl methyl sites for hydroxylation is 1. The fourth-order valence-electron chi connectivity index (χ4n) is 1.54. The fraction of sp³-hybridized carbons (Fsp3) is 0.333. The second-order valence-corrected chi connectivity index (χ2v) is 4.60. The second kappa shape index (κ2) is 5.18. The van der Waals surface area contributed by atoms with E-state index in [4.69, 9.17) is 0 Å². The fourth-order valence-corrected chi connectivity index (χ4v) is 2.48. The van der Waals surface area contributed by atoms with E-state index >= 15 is 0 Å². The van der Waals surface area contributed by atoms with Gasteiger partial charge in [-0.15, -0.1) is 11.3 Å². The Balaban J connectivity index is 2.36. The Morgan fingerprint density at radius 3 is 2.88 bits per heavy atom. The third-order valence-corrected chi connectivity index (χ3v) is 3.40. The molecule has 0 aromatic carbocycles. The van der Waals surface area contributed by atoms with Crippen LogP contribution in [0.1, 0.15) is 23.9 Å². The van der Waals surface area contributed by atoms with Gasteiger partial charge in [0.2, 0.25) is 0 Å². The van der Waals surface area contributed by atoms with Crippen molar-refractivity contribution in [2.24, 2.45) is 0 Å². The molecule has 0 unspecified atom stereocenters. The summed E-state index contributed by atoms with van der Waals surface area (Å²) in [6.07, 6.45) is 3.71. The summed E-state index contributed by atoms with van der Waals surface area (Å²) in [6, 6.07) is 5.77. The lowest BCUT2D eigenvalue weighted by Crippen LogP contribution is -1.90. The molecule has 2 rings (SSSR count). The van der Waals surface area contributed by atoms with Gasteiger partial charge in [-0.1, -0.05) is 19.4 Å². The molecule has 0 bridgehead atoms. The van der Waals surface area contributed by atoms with Crippen molar-refractivity contribution in [2.75, 3.05) is 0 Å². The third-order valence-electron chi connectivity index (χ3n) is 2.29. The Kier molecular flexibility index (Phi) is 3.64. The molecule has 0 atom stereocenters. The van der Waals surface area contributed by atoms with Crippen LogP contribution in [0.3, 0.4) is 0 Å². The first-order valence-corrected chi connectivity index (χ1v) is 6.17. The molecular weight excluding hydrogens is 220 g/mol. The van der Waals surface area contributed by atoms with Crippen LogP contribution in [0, 0.1) is 0 Å². The van der Waals surface area contributed by atoms with Crippen LogP contribution >= 0.6 is 11.3 Å². The van der Waals surface area contributed by atoms with E-state index in [1.807, 2.05) is 18.2 Å². The average molecular weight is 234 g/mol. The van der Waals surface area contributed by atoms with Gasteiger partial charge in [-0.3, -0.25) is 4.98 Å². The molecule has 16 heavy (non-hydrogen) atoms. The van der Waals surface area contributed by atoms with E-state index in [1.54, 1.807) is 6.20 Å². The van der Waals surface area contributed by atoms with Crippen molar-refractivity contribution in [1.82, 2.24) is 9.97 Å². The van der Waals surface area contributed by atoms with Crippen molar-refractivity contribution in [3.63, 3.8) is 0 Å². The third kappa shape index (κ3) is 2.28. The van der Waals surface area contributed by atoms with Crippen LogP contribution in [-0.2, 0) is 13.0 Å². The zero-order valence-electron chi connectivity index (χ0n) is 9.18. The number of hydrogen-bond acceptors (Lipinski definition) is 4. The molecule has 2 aromatic rings. The van der Waals surface area contributed by atoms with E-state index in [1.165, 1.54) is 11.3 Å². The molecule has 0 spiro atoms. The Labute approximate surface area is 98.8 Å². The number of nitrogens with zero attached hydrogens (tertiary/aromatic N) is 2. The van der Waals surface area contributed by atoms with Crippen LogP contribution in [0.15, 0.2) is 24.4 Å². The maximum Gasteiger partial charge on any atom is 0.142 e. The van der Waals surface area contributed by atoms with Crippen LogP contribution < -0.4 is 0 Å². The van der Waals surface area contributed by atoms with Crippen LogP contribution in [-0.4, -0.2) is 15.1 Å². The summed E-state index contributed by atoms with van der Waals surface area (Å²) in [5, 5.41) is 10.2. The van der Waals surface area contributed by atoms with Gasteiger partial charge in [0.05, 0.1) is 22.9 Å². The number of hydrogen-bond donors (Lipinski definition) is 1. The molecule has 4 heteroatoms. The molecule has 0 radical (unpaired) electrons. The Hall–Kier alpha value is -1.26. The first-order chi connectivity index (χ1) is 7.85. The van der Waals surface area contributed by atoms with Gasteiger partial charge in [-0.05, 0) is 18.6 Å². The molecule has 0 saturated carbocycles. The molecule has 2 aromatic heterocycles. The Morgan fingerprint density at radius 1 is 1.38 bits per heavy atom. The largest absolute Gasteiger partial charge is 0.391 e. The van der Waals surface area contributed by atoms with Crippen molar-refractivity contribution >= 4 is 11.3 Å². The summed E-state index contributed by atoms with van der Waals surface area (Å²) in [5.74, 6) is 0. The molecule has 3 nitrogen and oxygen atoms in total. The average Bonchev–Trinajstić information content (AvgIpc) is 2.74. The molecule has 0 saturated heterocycles. The van der Waals surface area contributed by atoms with Gasteiger partial charge >= 0.3 is 0 Å². The summed E-state index contributed by atoms with van der Waals surface area (Å²) in [6.45, 7) is 2.18. The molecule has 1 N–H and O–H groups in total. The smallest absolute Gasteiger partial charge is 0.142 e. The summed E-state index contributed by atoms with van der Waals surface area (Å²) >= 11 is 1.53. The van der Waals surface area contributed by atoms with Crippen molar-refractivity contribution in [3.8, 4) is 10.7 Å². The number of aliphatic hydroxyl groups excluding tert-OH is 1. The molecule has 0 aliphatic carbocycles. The van der Waals surface area contributed by atoms with E-state index in [9.17, 15) is 5.11 Å². The Morgan fingerprint density at radius 2 is 2.25 bits per heavy atom. The molecule has 0 amide bonds. The van der Waals surface area contributed by atoms with Gasteiger partial charge in [-0.2, -0.15) is 0 Å². The highest BCUT2D eigenvalue weighted by atomic mass is 32.1. The van der Waals surface area contributed by atoms with Crippen LogP contribution in [0.25, 0.3) is 10.7 Å². The van der Waals surface area contributed by atoms with Gasteiger partial charge < -0.3 is 5.11 Å². The zero-order chi connectivity index (χ0) is 11.4. The van der Waals surface area contributed by atoms with E-state index in [0.29, 0.717) is 0 Å². The SMILES string of the molecule is CCCc1nc(-c2ccccn2)sc1CO. The van der Waals surface area contributed by atoms with Crippen LogP contribution in [0.4, 0.5) is 0 Å². The molecule has 0 aliphatic rings. The zero-order valence-corrected chi connectivity index (χ0v) is 10.00. The van der Waals surface area contributed by atoms with Gasteiger partial charge in [-0.25, -0.2) is 4.98 Å². The van der Waals surface area contributed by atoms with Crippen molar-refractivity contribution < 1.29 is 5.11 Å². The number of rotatable bonds is 4. The van der Waals surface area contributed by atoms with Gasteiger partial charge in [0.15, 0.2) is 0 Å². The van der Waals surface area contributed by atoms with Crippen LogP contribution in [0.2, 0.25) is 0 Å². The minimum Gasteiger partial charge on any atom is -0.391 e. The number of thiazole rings is 1. The maximum absolute atomic E-state index is 9.26. The molecule has 2 heterocycles. The minimum atomic E-state index is 0.0693. The maximum atomic E-state index is 9.26. The quantitative estimate of drug-likeness (QED) is 0.884. The molecule has 0 aliphatic heterocycles. The number of aliphatic hydroxyl groups is 1. The molecule has 0 fully saturated rings. The first kappa shape index (κ1) is 11.2. The number of aromatic nitrogens is 2. The number of pyridine rings is 1. The highest BCUT2D eigenvalue weighted by Crippen LogP contribution is 2.27. The van der Waals surface area contributed by atoms with Crippen LogP contribution in [0.5, 0.6) is 0 Å². The Bertz CT molecular complexity index is 453. The summed E-state index contributed by atoms with van der Waals surface area (Å²) in [5.41, 5.74) is 1.89. The molecular formula is C12H14N2OS. The van der Waals surface area contributed by atoms with E-state index < -0.39 is 0 Å². The highest BCUT2D eigenvalue weighted by Gasteiger charge is 2.11. The summed E-state index contributed by atoms with van der Waals surface area (Å²) < 4.78 is 0. The van der Waals surface area contributed by atoms with E-state index in [-0.39, 0.29) is 6.61 Å². The minimum absolute atomic E-state index is 0.0693. The van der Waals surface area contributed by atoms with Crippen molar-refractivity contribution in [3.05, 3.63) is 35.0 Å². The monoisotopic (exact) mass is 234 g/mol. The second-order valence-electron chi connectivity index (χ2n) is 3.51.